The molecule has 0 saturated heterocycles. The van der Waals surface area contributed by atoms with Crippen molar-refractivity contribution in [2.24, 2.45) is 0 Å². The zero-order valence-corrected chi connectivity index (χ0v) is 15.1. The molecule has 0 aliphatic rings. The van der Waals surface area contributed by atoms with Gasteiger partial charge in [-0.3, -0.25) is 9.59 Å². The number of fused-ring (bicyclic) bond motifs is 2. The number of carbonyl (C=O) groups excluding carboxylic acids is 1. The predicted octanol–water partition coefficient (Wildman–Crippen LogP) is 5.33. The quantitative estimate of drug-likeness (QED) is 0.355. The van der Waals surface area contributed by atoms with Crippen molar-refractivity contribution in [3.63, 3.8) is 0 Å². The van der Waals surface area contributed by atoms with E-state index in [9.17, 15) is 9.59 Å². The van der Waals surface area contributed by atoms with Crippen molar-refractivity contribution in [1.29, 1.82) is 0 Å². The Balaban J connectivity index is 1.81. The van der Waals surface area contributed by atoms with E-state index in [4.69, 9.17) is 16.3 Å². The Morgan fingerprint density at radius 3 is 2.50 bits per heavy atom. The largest absolute Gasteiger partial charge is 0.485 e. The molecule has 0 saturated carbocycles. The van der Waals surface area contributed by atoms with Crippen LogP contribution in [0.1, 0.15) is 10.4 Å². The van der Waals surface area contributed by atoms with E-state index in [2.05, 4.69) is 0 Å². The van der Waals surface area contributed by atoms with Gasteiger partial charge in [-0.2, -0.15) is 0 Å². The molecule has 0 atom stereocenters. The molecule has 0 bridgehead atoms. The number of halogens is 1. The highest BCUT2D eigenvalue weighted by atomic mass is 35.5. The molecule has 3 nitrogen and oxygen atoms in total. The van der Waals surface area contributed by atoms with Crippen LogP contribution in [0.15, 0.2) is 71.5 Å². The van der Waals surface area contributed by atoms with E-state index in [1.165, 1.54) is 11.3 Å². The van der Waals surface area contributed by atoms with Crippen LogP contribution >= 0.6 is 22.9 Å². The molecule has 0 N–H and O–H groups in total. The van der Waals surface area contributed by atoms with Crippen LogP contribution in [-0.2, 0) is 0 Å². The fourth-order valence-corrected chi connectivity index (χ4v) is 4.36. The predicted molar refractivity (Wildman–Crippen MR) is 107 cm³/mol. The van der Waals surface area contributed by atoms with Crippen molar-refractivity contribution in [3.05, 3.63) is 87.5 Å². The Bertz CT molecular complexity index is 1180. The van der Waals surface area contributed by atoms with Gasteiger partial charge in [-0.25, -0.2) is 0 Å². The fraction of sp³-hybridized carbons (Fsp3) is 0.0476. The van der Waals surface area contributed by atoms with Gasteiger partial charge in [0.1, 0.15) is 5.75 Å². The highest BCUT2D eigenvalue weighted by Crippen LogP contribution is 2.32. The lowest BCUT2D eigenvalue weighted by Gasteiger charge is -2.09. The summed E-state index contributed by atoms with van der Waals surface area (Å²) >= 11 is 7.67. The number of Topliss-reactive ketones (excluding diaryl/α,β-unsaturated/α-hetero) is 1. The van der Waals surface area contributed by atoms with Crippen LogP contribution in [0.4, 0.5) is 0 Å². The smallest absolute Gasteiger partial charge is 0.201 e. The molecule has 3 aromatic carbocycles. The molecule has 128 valence electrons. The van der Waals surface area contributed by atoms with E-state index < -0.39 is 0 Å². The average molecular weight is 381 g/mol. The topological polar surface area (TPSA) is 43.4 Å². The van der Waals surface area contributed by atoms with Gasteiger partial charge in [0.05, 0.1) is 15.1 Å². The van der Waals surface area contributed by atoms with Crippen molar-refractivity contribution in [3.8, 4) is 5.75 Å². The van der Waals surface area contributed by atoms with Crippen molar-refractivity contribution in [2.45, 2.75) is 0 Å². The molecular weight excluding hydrogens is 368 g/mol. The van der Waals surface area contributed by atoms with Gasteiger partial charge in [-0.15, -0.1) is 11.3 Å². The number of hydrogen-bond acceptors (Lipinski definition) is 4. The third-order valence-electron chi connectivity index (χ3n) is 4.09. The fourth-order valence-electron chi connectivity index (χ4n) is 2.83. The van der Waals surface area contributed by atoms with E-state index in [0.29, 0.717) is 31.8 Å². The van der Waals surface area contributed by atoms with Crippen LogP contribution in [-0.4, -0.2) is 12.4 Å². The maximum absolute atomic E-state index is 12.8. The van der Waals surface area contributed by atoms with Crippen molar-refractivity contribution >= 4 is 48.9 Å². The molecule has 0 spiro atoms. The van der Waals surface area contributed by atoms with Crippen LogP contribution < -0.4 is 10.2 Å². The number of carbonyl (C=O) groups is 1. The molecule has 1 aromatic heterocycles. The molecular formula is C21H13ClO3S. The SMILES string of the molecule is O=C(COc1ccccc1)c1ccc(Cl)c2c(=O)c3ccccc3sc12. The Morgan fingerprint density at radius 2 is 1.69 bits per heavy atom. The second kappa shape index (κ2) is 6.90. The number of rotatable bonds is 4. The van der Waals surface area contributed by atoms with E-state index in [-0.39, 0.29) is 17.8 Å². The van der Waals surface area contributed by atoms with E-state index in [1.54, 1.807) is 30.3 Å². The van der Waals surface area contributed by atoms with Crippen molar-refractivity contribution < 1.29 is 9.53 Å². The first-order valence-corrected chi connectivity index (χ1v) is 9.20. The second-order valence-electron chi connectivity index (χ2n) is 5.75. The van der Waals surface area contributed by atoms with Crippen molar-refractivity contribution in [2.75, 3.05) is 6.61 Å². The summed E-state index contributed by atoms with van der Waals surface area (Å²) in [5.41, 5.74) is 0.297. The first kappa shape index (κ1) is 16.8. The Labute approximate surface area is 158 Å². The van der Waals surface area contributed by atoms with E-state index >= 15 is 0 Å². The maximum Gasteiger partial charge on any atom is 0.201 e. The van der Waals surface area contributed by atoms with Crippen LogP contribution in [0, 0.1) is 0 Å². The van der Waals surface area contributed by atoms with Crippen LogP contribution in [0.5, 0.6) is 5.75 Å². The molecule has 4 aromatic rings. The monoisotopic (exact) mass is 380 g/mol. The minimum atomic E-state index is -0.193. The summed E-state index contributed by atoms with van der Waals surface area (Å²) in [5.74, 6) is 0.430. The van der Waals surface area contributed by atoms with Gasteiger partial charge in [-0.05, 0) is 36.4 Å². The zero-order chi connectivity index (χ0) is 18.1. The standard InChI is InChI=1S/C21H13ClO3S/c22-16-11-10-14(17(23)12-25-13-6-2-1-3-7-13)21-19(16)20(24)15-8-4-5-9-18(15)26-21/h1-11H,12H2. The second-order valence-corrected chi connectivity index (χ2v) is 7.21. The summed E-state index contributed by atoms with van der Waals surface area (Å²) in [7, 11) is 0. The van der Waals surface area contributed by atoms with Gasteiger partial charge in [0.25, 0.3) is 0 Å². The summed E-state index contributed by atoms with van der Waals surface area (Å²) in [6.45, 7) is -0.103. The summed E-state index contributed by atoms with van der Waals surface area (Å²) in [6.07, 6.45) is 0. The Morgan fingerprint density at radius 1 is 0.962 bits per heavy atom. The number of ether oxygens (including phenoxy) is 1. The van der Waals surface area contributed by atoms with Gasteiger partial charge in [0.15, 0.2) is 12.0 Å². The van der Waals surface area contributed by atoms with Crippen LogP contribution in [0.3, 0.4) is 0 Å². The molecule has 0 unspecified atom stereocenters. The maximum atomic E-state index is 12.8. The molecule has 0 amide bonds. The minimum absolute atomic E-state index is 0.103. The average Bonchev–Trinajstić information content (AvgIpc) is 2.67. The molecule has 4 rings (SSSR count). The molecule has 26 heavy (non-hydrogen) atoms. The number of ketones is 1. The highest BCUT2D eigenvalue weighted by molar-refractivity contribution is 7.25. The number of hydrogen-bond donors (Lipinski definition) is 0. The third kappa shape index (κ3) is 2.98. The van der Waals surface area contributed by atoms with Crippen molar-refractivity contribution in [1.82, 2.24) is 0 Å². The molecule has 0 radical (unpaired) electrons. The number of para-hydroxylation sites is 1. The Kier molecular flexibility index (Phi) is 4.45. The van der Waals surface area contributed by atoms with Crippen LogP contribution in [0.25, 0.3) is 20.2 Å². The molecule has 0 aliphatic carbocycles. The van der Waals surface area contributed by atoms with E-state index in [1.807, 2.05) is 36.4 Å². The first-order valence-electron chi connectivity index (χ1n) is 8.00. The van der Waals surface area contributed by atoms with E-state index in [0.717, 1.165) is 4.70 Å². The first-order chi connectivity index (χ1) is 12.6. The lowest BCUT2D eigenvalue weighted by Crippen LogP contribution is -2.13. The molecule has 0 aliphatic heterocycles. The van der Waals surface area contributed by atoms with Gasteiger partial charge in [0, 0.05) is 15.6 Å². The highest BCUT2D eigenvalue weighted by Gasteiger charge is 2.17. The lowest BCUT2D eigenvalue weighted by molar-refractivity contribution is 0.0923. The van der Waals surface area contributed by atoms with Gasteiger partial charge >= 0.3 is 0 Å². The number of benzene rings is 3. The normalized spacial score (nSPS) is 11.0. The van der Waals surface area contributed by atoms with Gasteiger partial charge in [0.2, 0.25) is 5.78 Å². The Hall–Kier alpha value is -2.69. The molecule has 0 fully saturated rings. The lowest BCUT2D eigenvalue weighted by atomic mass is 10.1. The molecule has 5 heteroatoms. The van der Waals surface area contributed by atoms with Gasteiger partial charge in [-0.1, -0.05) is 41.9 Å². The molecule has 1 heterocycles. The summed E-state index contributed by atoms with van der Waals surface area (Å²) in [5, 5.41) is 1.35. The van der Waals surface area contributed by atoms with Crippen LogP contribution in [0.2, 0.25) is 5.02 Å². The zero-order valence-electron chi connectivity index (χ0n) is 13.6. The minimum Gasteiger partial charge on any atom is -0.485 e. The summed E-state index contributed by atoms with van der Waals surface area (Å²) in [4.78, 5) is 25.6. The third-order valence-corrected chi connectivity index (χ3v) is 5.61. The van der Waals surface area contributed by atoms with Gasteiger partial charge < -0.3 is 4.74 Å². The summed E-state index contributed by atoms with van der Waals surface area (Å²) in [6, 6.07) is 19.7. The summed E-state index contributed by atoms with van der Waals surface area (Å²) < 4.78 is 6.99.